The lowest BCUT2D eigenvalue weighted by atomic mass is 10.1. The topological polar surface area (TPSA) is 46.6 Å². The zero-order chi connectivity index (χ0) is 13.2. The minimum atomic E-state index is -3.12. The van der Waals surface area contributed by atoms with Gasteiger partial charge in [0.1, 0.15) is 0 Å². The Morgan fingerprint density at radius 1 is 1.33 bits per heavy atom. The monoisotopic (exact) mass is 269 g/mol. The van der Waals surface area contributed by atoms with Crippen molar-refractivity contribution in [2.24, 2.45) is 0 Å². The highest BCUT2D eigenvalue weighted by Crippen LogP contribution is 2.24. The van der Waals surface area contributed by atoms with Gasteiger partial charge in [-0.2, -0.15) is 4.31 Å². The second-order valence-electron chi connectivity index (χ2n) is 4.53. The maximum absolute atomic E-state index is 11.9. The third kappa shape index (κ3) is 2.91. The predicted molar refractivity (Wildman–Crippen MR) is 70.9 cm³/mol. The number of aryl methyl sites for hydroxylation is 1. The Bertz CT molecular complexity index is 495. The summed E-state index contributed by atoms with van der Waals surface area (Å²) in [4.78, 5) is 0. The molecule has 2 rings (SSSR count). The quantitative estimate of drug-likeness (QED) is 0.839. The lowest BCUT2D eigenvalue weighted by Crippen LogP contribution is -2.42. The van der Waals surface area contributed by atoms with Crippen LogP contribution in [0.5, 0.6) is 0 Å². The van der Waals surface area contributed by atoms with Gasteiger partial charge >= 0.3 is 0 Å². The smallest absolute Gasteiger partial charge is 0.214 e. The SMILES string of the molecule is CCS(=O)(=O)N1CCOC(c2ccc(C)cc2)C1. The average molecular weight is 269 g/mol. The molecule has 1 aromatic rings. The summed E-state index contributed by atoms with van der Waals surface area (Å²) in [5.41, 5.74) is 2.23. The van der Waals surface area contributed by atoms with E-state index in [-0.39, 0.29) is 11.9 Å². The molecule has 1 fully saturated rings. The Hall–Kier alpha value is -0.910. The van der Waals surface area contributed by atoms with Crippen LogP contribution in [0.3, 0.4) is 0 Å². The fourth-order valence-electron chi connectivity index (χ4n) is 2.04. The molecular weight excluding hydrogens is 250 g/mol. The van der Waals surface area contributed by atoms with Crippen LogP contribution < -0.4 is 0 Å². The van der Waals surface area contributed by atoms with Crippen LogP contribution in [0, 0.1) is 6.92 Å². The Balaban J connectivity index is 2.14. The van der Waals surface area contributed by atoms with Gasteiger partial charge in [0.05, 0.1) is 18.5 Å². The Kier molecular flexibility index (Phi) is 4.04. The van der Waals surface area contributed by atoms with Gasteiger partial charge in [-0.1, -0.05) is 29.8 Å². The van der Waals surface area contributed by atoms with Crippen LogP contribution in [0.1, 0.15) is 24.2 Å². The van der Waals surface area contributed by atoms with Crippen molar-refractivity contribution in [3.05, 3.63) is 35.4 Å². The third-order valence-corrected chi connectivity index (χ3v) is 5.08. The fourth-order valence-corrected chi connectivity index (χ4v) is 3.12. The van der Waals surface area contributed by atoms with E-state index in [0.29, 0.717) is 19.7 Å². The Morgan fingerprint density at radius 2 is 2.00 bits per heavy atom. The molecule has 18 heavy (non-hydrogen) atoms. The molecule has 4 nitrogen and oxygen atoms in total. The number of hydrogen-bond acceptors (Lipinski definition) is 3. The van der Waals surface area contributed by atoms with Gasteiger partial charge in [0.2, 0.25) is 10.0 Å². The van der Waals surface area contributed by atoms with E-state index < -0.39 is 10.0 Å². The number of ether oxygens (including phenoxy) is 1. The first-order valence-corrected chi connectivity index (χ1v) is 7.80. The van der Waals surface area contributed by atoms with Crippen molar-refractivity contribution in [2.45, 2.75) is 20.0 Å². The van der Waals surface area contributed by atoms with Gasteiger partial charge in [-0.25, -0.2) is 8.42 Å². The van der Waals surface area contributed by atoms with E-state index >= 15 is 0 Å². The molecule has 1 atom stereocenters. The number of morpholine rings is 1. The number of sulfonamides is 1. The molecule has 0 aliphatic carbocycles. The highest BCUT2D eigenvalue weighted by Gasteiger charge is 2.28. The third-order valence-electron chi connectivity index (χ3n) is 3.24. The van der Waals surface area contributed by atoms with E-state index in [1.807, 2.05) is 31.2 Å². The van der Waals surface area contributed by atoms with Crippen LogP contribution in [0.4, 0.5) is 0 Å². The number of hydrogen-bond donors (Lipinski definition) is 0. The van der Waals surface area contributed by atoms with E-state index in [4.69, 9.17) is 4.74 Å². The van der Waals surface area contributed by atoms with Gasteiger partial charge in [0.15, 0.2) is 0 Å². The maximum Gasteiger partial charge on any atom is 0.214 e. The van der Waals surface area contributed by atoms with Crippen molar-refractivity contribution < 1.29 is 13.2 Å². The van der Waals surface area contributed by atoms with Gasteiger partial charge in [0.25, 0.3) is 0 Å². The van der Waals surface area contributed by atoms with Gasteiger partial charge in [-0.3, -0.25) is 0 Å². The Morgan fingerprint density at radius 3 is 2.61 bits per heavy atom. The Labute approximate surface area is 109 Å². The minimum Gasteiger partial charge on any atom is -0.371 e. The van der Waals surface area contributed by atoms with Gasteiger partial charge in [-0.15, -0.1) is 0 Å². The maximum atomic E-state index is 11.9. The van der Waals surface area contributed by atoms with Crippen molar-refractivity contribution in [1.29, 1.82) is 0 Å². The number of rotatable bonds is 3. The van der Waals surface area contributed by atoms with Crippen molar-refractivity contribution in [3.8, 4) is 0 Å². The van der Waals surface area contributed by atoms with Gasteiger partial charge in [-0.05, 0) is 19.4 Å². The highest BCUT2D eigenvalue weighted by molar-refractivity contribution is 7.89. The summed E-state index contributed by atoms with van der Waals surface area (Å²) >= 11 is 0. The summed E-state index contributed by atoms with van der Waals surface area (Å²) in [6, 6.07) is 8.04. The summed E-state index contributed by atoms with van der Waals surface area (Å²) in [5.74, 6) is 0.146. The second kappa shape index (κ2) is 5.38. The van der Waals surface area contributed by atoms with E-state index in [1.54, 1.807) is 6.92 Å². The van der Waals surface area contributed by atoms with Crippen LogP contribution in [0.2, 0.25) is 0 Å². The molecule has 100 valence electrons. The van der Waals surface area contributed by atoms with Crippen molar-refractivity contribution in [3.63, 3.8) is 0 Å². The van der Waals surface area contributed by atoms with Crippen LogP contribution in [-0.2, 0) is 14.8 Å². The zero-order valence-corrected chi connectivity index (χ0v) is 11.6. The summed E-state index contributed by atoms with van der Waals surface area (Å²) in [7, 11) is -3.12. The molecule has 0 saturated carbocycles. The van der Waals surface area contributed by atoms with Crippen LogP contribution in [0.15, 0.2) is 24.3 Å². The van der Waals surface area contributed by atoms with E-state index in [9.17, 15) is 8.42 Å². The summed E-state index contributed by atoms with van der Waals surface area (Å²) in [5, 5.41) is 0. The number of nitrogens with zero attached hydrogens (tertiary/aromatic N) is 1. The highest BCUT2D eigenvalue weighted by atomic mass is 32.2. The molecule has 1 unspecified atom stereocenters. The van der Waals surface area contributed by atoms with E-state index in [1.165, 1.54) is 9.87 Å². The average Bonchev–Trinajstić information content (AvgIpc) is 2.40. The standard InChI is InChI=1S/C13H19NO3S/c1-3-18(15,16)14-8-9-17-13(10-14)12-6-4-11(2)5-7-12/h4-7,13H,3,8-10H2,1-2H3. The van der Waals surface area contributed by atoms with Crippen molar-refractivity contribution >= 4 is 10.0 Å². The first kappa shape index (κ1) is 13.5. The molecule has 1 heterocycles. The van der Waals surface area contributed by atoms with Crippen LogP contribution >= 0.6 is 0 Å². The second-order valence-corrected chi connectivity index (χ2v) is 6.79. The summed E-state index contributed by atoms with van der Waals surface area (Å²) in [6.45, 7) is 5.03. The first-order chi connectivity index (χ1) is 8.53. The normalized spacial score (nSPS) is 22.0. The van der Waals surface area contributed by atoms with Crippen molar-refractivity contribution in [1.82, 2.24) is 4.31 Å². The molecule has 1 aromatic carbocycles. The molecule has 0 amide bonds. The van der Waals surface area contributed by atoms with Crippen LogP contribution in [-0.4, -0.2) is 38.2 Å². The molecule has 0 radical (unpaired) electrons. The molecule has 0 aromatic heterocycles. The fraction of sp³-hybridized carbons (Fsp3) is 0.538. The van der Waals surface area contributed by atoms with E-state index in [0.717, 1.165) is 5.56 Å². The summed E-state index contributed by atoms with van der Waals surface area (Å²) < 4.78 is 30.9. The molecule has 1 aliphatic rings. The predicted octanol–water partition coefficient (Wildman–Crippen LogP) is 1.72. The molecule has 0 N–H and O–H groups in total. The molecule has 0 spiro atoms. The molecule has 1 saturated heterocycles. The molecule has 1 aliphatic heterocycles. The minimum absolute atomic E-state index is 0.146. The number of benzene rings is 1. The zero-order valence-electron chi connectivity index (χ0n) is 10.8. The van der Waals surface area contributed by atoms with Crippen LogP contribution in [0.25, 0.3) is 0 Å². The van der Waals surface area contributed by atoms with E-state index in [2.05, 4.69) is 0 Å². The van der Waals surface area contributed by atoms with Crippen molar-refractivity contribution in [2.75, 3.05) is 25.4 Å². The summed E-state index contributed by atoms with van der Waals surface area (Å²) in [6.07, 6.45) is -0.152. The molecule has 0 bridgehead atoms. The molecule has 5 heteroatoms. The van der Waals surface area contributed by atoms with Gasteiger partial charge in [0, 0.05) is 13.1 Å². The molecular formula is C13H19NO3S. The first-order valence-electron chi connectivity index (χ1n) is 6.19. The lowest BCUT2D eigenvalue weighted by Gasteiger charge is -2.32. The van der Waals surface area contributed by atoms with Gasteiger partial charge < -0.3 is 4.74 Å². The lowest BCUT2D eigenvalue weighted by molar-refractivity contribution is -0.00250. The largest absolute Gasteiger partial charge is 0.371 e.